The van der Waals surface area contributed by atoms with E-state index in [4.69, 9.17) is 26.8 Å². The fraction of sp³-hybridized carbons (Fsp3) is 0.231. The minimum Gasteiger partial charge on any atom is -0.496 e. The quantitative estimate of drug-likeness (QED) is 0.934. The van der Waals surface area contributed by atoms with Crippen molar-refractivity contribution in [3.8, 4) is 11.5 Å². The van der Waals surface area contributed by atoms with Gasteiger partial charge in [-0.2, -0.15) is 0 Å². The number of rotatable bonds is 4. The van der Waals surface area contributed by atoms with E-state index in [1.807, 2.05) is 23.6 Å². The highest BCUT2D eigenvalue weighted by atomic mass is 35.5. The molecule has 0 aliphatic heterocycles. The standard InChI is InChI=1S/C13H14ClNO2S/c1-16-10-5-6-18-13(10)12(15)8-3-4-9(14)11(7-8)17-2/h3-7,12H,15H2,1-2H3. The molecule has 2 aromatic rings. The van der Waals surface area contributed by atoms with Crippen LogP contribution < -0.4 is 15.2 Å². The molecule has 2 N–H and O–H groups in total. The van der Waals surface area contributed by atoms with Gasteiger partial charge in [-0.25, -0.2) is 0 Å². The van der Waals surface area contributed by atoms with Crippen LogP contribution in [0.2, 0.25) is 5.02 Å². The average molecular weight is 284 g/mol. The topological polar surface area (TPSA) is 44.5 Å². The van der Waals surface area contributed by atoms with Gasteiger partial charge in [-0.3, -0.25) is 0 Å². The Morgan fingerprint density at radius 2 is 1.89 bits per heavy atom. The molecule has 1 atom stereocenters. The van der Waals surface area contributed by atoms with Crippen molar-refractivity contribution in [2.24, 2.45) is 5.73 Å². The molecule has 0 amide bonds. The molecule has 1 aromatic carbocycles. The van der Waals surface area contributed by atoms with Crippen molar-refractivity contribution in [1.29, 1.82) is 0 Å². The number of thiophene rings is 1. The molecule has 1 unspecified atom stereocenters. The summed E-state index contributed by atoms with van der Waals surface area (Å²) < 4.78 is 10.5. The summed E-state index contributed by atoms with van der Waals surface area (Å²) in [6.45, 7) is 0. The zero-order valence-electron chi connectivity index (χ0n) is 10.1. The van der Waals surface area contributed by atoms with Crippen molar-refractivity contribution in [3.63, 3.8) is 0 Å². The van der Waals surface area contributed by atoms with Gasteiger partial charge in [0.1, 0.15) is 11.5 Å². The van der Waals surface area contributed by atoms with Crippen LogP contribution in [0.1, 0.15) is 16.5 Å². The molecule has 0 aliphatic carbocycles. The van der Waals surface area contributed by atoms with Crippen molar-refractivity contribution in [2.45, 2.75) is 6.04 Å². The first-order valence-electron chi connectivity index (χ1n) is 5.37. The first-order valence-corrected chi connectivity index (χ1v) is 6.63. The Labute approximate surface area is 115 Å². The van der Waals surface area contributed by atoms with E-state index in [0.29, 0.717) is 10.8 Å². The van der Waals surface area contributed by atoms with Crippen LogP contribution in [0.4, 0.5) is 0 Å². The molecule has 0 bridgehead atoms. The van der Waals surface area contributed by atoms with Crippen LogP contribution >= 0.6 is 22.9 Å². The number of halogens is 1. The number of benzene rings is 1. The molecule has 3 nitrogen and oxygen atoms in total. The normalized spacial score (nSPS) is 12.2. The first kappa shape index (κ1) is 13.2. The molecule has 0 saturated heterocycles. The molecule has 0 saturated carbocycles. The second-order valence-corrected chi connectivity index (χ2v) is 5.08. The van der Waals surface area contributed by atoms with E-state index in [1.165, 1.54) is 0 Å². The summed E-state index contributed by atoms with van der Waals surface area (Å²) >= 11 is 7.57. The Hall–Kier alpha value is -1.23. The summed E-state index contributed by atoms with van der Waals surface area (Å²) in [5, 5.41) is 2.54. The molecule has 0 spiro atoms. The van der Waals surface area contributed by atoms with Crippen LogP contribution in [0.5, 0.6) is 11.5 Å². The van der Waals surface area contributed by atoms with Gasteiger partial charge in [-0.15, -0.1) is 11.3 Å². The van der Waals surface area contributed by atoms with E-state index in [-0.39, 0.29) is 6.04 Å². The van der Waals surface area contributed by atoms with Crippen LogP contribution in [0.25, 0.3) is 0 Å². The Bertz CT molecular complexity index is 542. The van der Waals surface area contributed by atoms with Crippen molar-refractivity contribution in [2.75, 3.05) is 14.2 Å². The molecule has 0 radical (unpaired) electrons. The Balaban J connectivity index is 2.37. The number of hydrogen-bond donors (Lipinski definition) is 1. The lowest BCUT2D eigenvalue weighted by atomic mass is 10.1. The van der Waals surface area contributed by atoms with Gasteiger partial charge in [-0.05, 0) is 29.1 Å². The van der Waals surface area contributed by atoms with Crippen LogP contribution in [0.15, 0.2) is 29.6 Å². The molecule has 0 aliphatic rings. The average Bonchev–Trinajstić information content (AvgIpc) is 2.86. The molecule has 0 fully saturated rings. The van der Waals surface area contributed by atoms with Gasteiger partial charge in [-0.1, -0.05) is 17.7 Å². The lowest BCUT2D eigenvalue weighted by Gasteiger charge is -2.14. The summed E-state index contributed by atoms with van der Waals surface area (Å²) in [6, 6.07) is 7.20. The van der Waals surface area contributed by atoms with Gasteiger partial charge in [0, 0.05) is 0 Å². The molecule has 5 heteroatoms. The summed E-state index contributed by atoms with van der Waals surface area (Å²) in [7, 11) is 3.23. The molecule has 96 valence electrons. The maximum atomic E-state index is 6.24. The number of hydrogen-bond acceptors (Lipinski definition) is 4. The predicted molar refractivity (Wildman–Crippen MR) is 74.9 cm³/mol. The van der Waals surface area contributed by atoms with Gasteiger partial charge in [0.15, 0.2) is 0 Å². The third kappa shape index (κ3) is 2.46. The molecular weight excluding hydrogens is 270 g/mol. The Kier molecular flexibility index (Phi) is 4.11. The van der Waals surface area contributed by atoms with Crippen LogP contribution in [-0.2, 0) is 0 Å². The van der Waals surface area contributed by atoms with Crippen molar-refractivity contribution in [1.82, 2.24) is 0 Å². The third-order valence-corrected chi connectivity index (χ3v) is 3.99. The lowest BCUT2D eigenvalue weighted by molar-refractivity contribution is 0.409. The monoisotopic (exact) mass is 283 g/mol. The minimum absolute atomic E-state index is 0.244. The summed E-state index contributed by atoms with van der Waals surface area (Å²) in [5.74, 6) is 1.43. The Morgan fingerprint density at radius 1 is 1.17 bits per heavy atom. The van der Waals surface area contributed by atoms with E-state index in [9.17, 15) is 0 Å². The van der Waals surface area contributed by atoms with E-state index in [2.05, 4.69) is 0 Å². The van der Waals surface area contributed by atoms with E-state index >= 15 is 0 Å². The maximum absolute atomic E-state index is 6.24. The smallest absolute Gasteiger partial charge is 0.137 e. The maximum Gasteiger partial charge on any atom is 0.137 e. The van der Waals surface area contributed by atoms with Crippen LogP contribution in [-0.4, -0.2) is 14.2 Å². The van der Waals surface area contributed by atoms with E-state index < -0.39 is 0 Å². The van der Waals surface area contributed by atoms with E-state index in [1.54, 1.807) is 31.6 Å². The van der Waals surface area contributed by atoms with Gasteiger partial charge >= 0.3 is 0 Å². The van der Waals surface area contributed by atoms with Gasteiger partial charge < -0.3 is 15.2 Å². The highest BCUT2D eigenvalue weighted by Crippen LogP contribution is 2.35. The van der Waals surface area contributed by atoms with Crippen molar-refractivity contribution >= 4 is 22.9 Å². The van der Waals surface area contributed by atoms with E-state index in [0.717, 1.165) is 16.2 Å². The van der Waals surface area contributed by atoms with Crippen molar-refractivity contribution in [3.05, 3.63) is 45.1 Å². The highest BCUT2D eigenvalue weighted by Gasteiger charge is 2.16. The van der Waals surface area contributed by atoms with Crippen LogP contribution in [0, 0.1) is 0 Å². The summed E-state index contributed by atoms with van der Waals surface area (Å²) in [5.41, 5.74) is 7.18. The molecule has 2 rings (SSSR count). The third-order valence-electron chi connectivity index (χ3n) is 2.69. The zero-order chi connectivity index (χ0) is 13.1. The largest absolute Gasteiger partial charge is 0.496 e. The van der Waals surface area contributed by atoms with Crippen LogP contribution in [0.3, 0.4) is 0 Å². The summed E-state index contributed by atoms with van der Waals surface area (Å²) in [4.78, 5) is 0.988. The SMILES string of the molecule is COc1cc(C(N)c2sccc2OC)ccc1Cl. The number of ether oxygens (including phenoxy) is 2. The predicted octanol–water partition coefficient (Wildman–Crippen LogP) is 3.47. The van der Waals surface area contributed by atoms with Gasteiger partial charge in [0.05, 0.1) is 30.2 Å². The van der Waals surface area contributed by atoms with Crippen molar-refractivity contribution < 1.29 is 9.47 Å². The highest BCUT2D eigenvalue weighted by molar-refractivity contribution is 7.10. The number of nitrogens with two attached hydrogens (primary N) is 1. The fourth-order valence-corrected chi connectivity index (χ4v) is 2.81. The number of methoxy groups -OCH3 is 2. The molecule has 1 aromatic heterocycles. The zero-order valence-corrected chi connectivity index (χ0v) is 11.7. The first-order chi connectivity index (χ1) is 8.67. The minimum atomic E-state index is -0.244. The Morgan fingerprint density at radius 3 is 2.56 bits per heavy atom. The molecule has 18 heavy (non-hydrogen) atoms. The summed E-state index contributed by atoms with van der Waals surface area (Å²) in [6.07, 6.45) is 0. The second-order valence-electron chi connectivity index (χ2n) is 3.72. The molecular formula is C13H14ClNO2S. The lowest BCUT2D eigenvalue weighted by Crippen LogP contribution is -2.11. The molecule has 1 heterocycles. The second kappa shape index (κ2) is 5.61. The van der Waals surface area contributed by atoms with Gasteiger partial charge in [0.25, 0.3) is 0 Å². The fourth-order valence-electron chi connectivity index (χ4n) is 1.73. The van der Waals surface area contributed by atoms with Gasteiger partial charge in [0.2, 0.25) is 0 Å².